The standard InChI is InChI=1S/C15H18F3N3S/c1-21-6-3-11(4-7-21)20-14-13-12(2-5-19-14)10(9-22-13)8-15(16,17)18/h2,5,9,11H,3-4,6-8H2,1H3,(H,19,20). The van der Waals surface area contributed by atoms with E-state index in [1.165, 1.54) is 11.3 Å². The monoisotopic (exact) mass is 329 g/mol. The van der Waals surface area contributed by atoms with Crippen molar-refractivity contribution in [2.75, 3.05) is 25.5 Å². The second-order valence-corrected chi connectivity index (χ2v) is 6.69. The lowest BCUT2D eigenvalue weighted by molar-refractivity contribution is -0.126. The van der Waals surface area contributed by atoms with Crippen molar-refractivity contribution in [2.45, 2.75) is 31.5 Å². The minimum atomic E-state index is -4.18. The third-order valence-electron chi connectivity index (χ3n) is 4.02. The number of nitrogens with one attached hydrogen (secondary N) is 1. The van der Waals surface area contributed by atoms with Gasteiger partial charge in [-0.2, -0.15) is 13.2 Å². The molecule has 0 radical (unpaired) electrons. The van der Waals surface area contributed by atoms with Crippen LogP contribution in [0.4, 0.5) is 19.0 Å². The van der Waals surface area contributed by atoms with Gasteiger partial charge in [0.25, 0.3) is 0 Å². The minimum absolute atomic E-state index is 0.335. The van der Waals surface area contributed by atoms with Crippen LogP contribution in [0.2, 0.25) is 0 Å². The Kier molecular flexibility index (Phi) is 4.27. The molecule has 1 saturated heterocycles. The molecule has 1 fully saturated rings. The van der Waals surface area contributed by atoms with E-state index in [2.05, 4.69) is 22.2 Å². The smallest absolute Gasteiger partial charge is 0.366 e. The van der Waals surface area contributed by atoms with E-state index in [-0.39, 0.29) is 0 Å². The quantitative estimate of drug-likeness (QED) is 0.925. The number of hydrogen-bond acceptors (Lipinski definition) is 4. The lowest BCUT2D eigenvalue weighted by atomic mass is 10.1. The van der Waals surface area contributed by atoms with Crippen molar-refractivity contribution in [1.82, 2.24) is 9.88 Å². The maximum atomic E-state index is 12.6. The fraction of sp³-hybridized carbons (Fsp3) is 0.533. The van der Waals surface area contributed by atoms with Crippen molar-refractivity contribution in [1.29, 1.82) is 0 Å². The van der Waals surface area contributed by atoms with Gasteiger partial charge in [-0.1, -0.05) is 0 Å². The molecule has 7 heteroatoms. The lowest BCUT2D eigenvalue weighted by Gasteiger charge is -2.29. The summed E-state index contributed by atoms with van der Waals surface area (Å²) >= 11 is 1.33. The zero-order valence-electron chi connectivity index (χ0n) is 12.3. The van der Waals surface area contributed by atoms with Gasteiger partial charge in [-0.3, -0.25) is 0 Å². The third-order valence-corrected chi connectivity index (χ3v) is 5.07. The summed E-state index contributed by atoms with van der Waals surface area (Å²) in [5, 5.41) is 5.67. The molecule has 22 heavy (non-hydrogen) atoms. The molecule has 0 amide bonds. The molecule has 3 heterocycles. The second-order valence-electron chi connectivity index (χ2n) is 5.81. The van der Waals surface area contributed by atoms with E-state index >= 15 is 0 Å². The summed E-state index contributed by atoms with van der Waals surface area (Å²) in [4.78, 5) is 6.61. The molecule has 2 aromatic rings. The lowest BCUT2D eigenvalue weighted by Crippen LogP contribution is -2.36. The van der Waals surface area contributed by atoms with Gasteiger partial charge in [-0.25, -0.2) is 4.98 Å². The molecule has 0 spiro atoms. The number of halogens is 3. The summed E-state index contributed by atoms with van der Waals surface area (Å²) in [6.07, 6.45) is -1.43. The fourth-order valence-corrected chi connectivity index (χ4v) is 3.84. The molecular weight excluding hydrogens is 311 g/mol. The largest absolute Gasteiger partial charge is 0.393 e. The molecule has 3 nitrogen and oxygen atoms in total. The molecule has 0 atom stereocenters. The Morgan fingerprint density at radius 2 is 2.09 bits per heavy atom. The van der Waals surface area contributed by atoms with Gasteiger partial charge in [0.2, 0.25) is 0 Å². The molecular formula is C15H18F3N3S. The summed E-state index contributed by atoms with van der Waals surface area (Å²) in [6.45, 7) is 2.05. The van der Waals surface area contributed by atoms with E-state index in [1.807, 2.05) is 0 Å². The predicted octanol–water partition coefficient (Wildman–Crippen LogP) is 3.91. The number of thiophene rings is 1. The predicted molar refractivity (Wildman–Crippen MR) is 83.5 cm³/mol. The Labute approximate surface area is 131 Å². The second kappa shape index (κ2) is 6.04. The number of fused-ring (bicyclic) bond motifs is 1. The van der Waals surface area contributed by atoms with E-state index in [0.717, 1.165) is 30.6 Å². The van der Waals surface area contributed by atoms with E-state index < -0.39 is 12.6 Å². The normalized spacial score (nSPS) is 18.0. The van der Waals surface area contributed by atoms with Crippen LogP contribution in [0.3, 0.4) is 0 Å². The van der Waals surface area contributed by atoms with Gasteiger partial charge in [0, 0.05) is 17.6 Å². The van der Waals surface area contributed by atoms with Crippen LogP contribution in [0.15, 0.2) is 17.6 Å². The maximum absolute atomic E-state index is 12.6. The van der Waals surface area contributed by atoms with Gasteiger partial charge in [0.1, 0.15) is 5.82 Å². The van der Waals surface area contributed by atoms with Gasteiger partial charge in [0.05, 0.1) is 11.1 Å². The Hall–Kier alpha value is -1.34. The number of aromatic nitrogens is 1. The van der Waals surface area contributed by atoms with Crippen molar-refractivity contribution in [3.05, 3.63) is 23.2 Å². The number of nitrogens with zero attached hydrogens (tertiary/aromatic N) is 2. The van der Waals surface area contributed by atoms with Crippen molar-refractivity contribution < 1.29 is 13.2 Å². The number of hydrogen-bond donors (Lipinski definition) is 1. The Morgan fingerprint density at radius 3 is 2.77 bits per heavy atom. The van der Waals surface area contributed by atoms with Crippen LogP contribution < -0.4 is 5.32 Å². The van der Waals surface area contributed by atoms with Gasteiger partial charge < -0.3 is 10.2 Å². The molecule has 0 saturated carbocycles. The van der Waals surface area contributed by atoms with Gasteiger partial charge in [-0.15, -0.1) is 11.3 Å². The van der Waals surface area contributed by atoms with Gasteiger partial charge in [0.15, 0.2) is 0 Å². The number of likely N-dealkylation sites (tertiary alicyclic amines) is 1. The summed E-state index contributed by atoms with van der Waals surface area (Å²) in [5.74, 6) is 0.713. The van der Waals surface area contributed by atoms with Crippen LogP contribution in [-0.4, -0.2) is 42.2 Å². The number of anilines is 1. The molecule has 3 rings (SSSR count). The van der Waals surface area contributed by atoms with Crippen molar-refractivity contribution in [3.63, 3.8) is 0 Å². The SMILES string of the molecule is CN1CCC(Nc2nccc3c(CC(F)(F)F)csc23)CC1. The highest BCUT2D eigenvalue weighted by Crippen LogP contribution is 2.34. The van der Waals surface area contributed by atoms with E-state index in [4.69, 9.17) is 0 Å². The molecule has 0 aromatic carbocycles. The highest BCUT2D eigenvalue weighted by Gasteiger charge is 2.29. The highest BCUT2D eigenvalue weighted by molar-refractivity contribution is 7.18. The van der Waals surface area contributed by atoms with Crippen LogP contribution in [-0.2, 0) is 6.42 Å². The minimum Gasteiger partial charge on any atom is -0.366 e. The first-order chi connectivity index (χ1) is 10.4. The van der Waals surface area contributed by atoms with E-state index in [0.29, 0.717) is 22.8 Å². The number of alkyl halides is 3. The molecule has 0 aliphatic carbocycles. The van der Waals surface area contributed by atoms with E-state index in [9.17, 15) is 13.2 Å². The van der Waals surface area contributed by atoms with Crippen molar-refractivity contribution in [3.8, 4) is 0 Å². The van der Waals surface area contributed by atoms with Crippen LogP contribution >= 0.6 is 11.3 Å². The average molecular weight is 329 g/mol. The highest BCUT2D eigenvalue weighted by atomic mass is 32.1. The molecule has 1 aliphatic rings. The number of rotatable bonds is 3. The number of piperidine rings is 1. The average Bonchev–Trinajstić information content (AvgIpc) is 2.84. The Bertz CT molecular complexity index is 645. The van der Waals surface area contributed by atoms with Crippen molar-refractivity contribution >= 4 is 27.2 Å². The summed E-state index contributed by atoms with van der Waals surface area (Å²) in [7, 11) is 2.10. The van der Waals surface area contributed by atoms with E-state index in [1.54, 1.807) is 17.6 Å². The van der Waals surface area contributed by atoms with Gasteiger partial charge in [-0.05, 0) is 50.0 Å². The molecule has 2 aromatic heterocycles. The number of pyridine rings is 1. The molecule has 1 N–H and O–H groups in total. The first kappa shape index (κ1) is 15.6. The van der Waals surface area contributed by atoms with Crippen molar-refractivity contribution in [2.24, 2.45) is 0 Å². The van der Waals surface area contributed by atoms with Crippen LogP contribution in [0.5, 0.6) is 0 Å². The first-order valence-electron chi connectivity index (χ1n) is 7.29. The first-order valence-corrected chi connectivity index (χ1v) is 8.17. The van der Waals surface area contributed by atoms with Crippen LogP contribution in [0.1, 0.15) is 18.4 Å². The molecule has 0 unspecified atom stereocenters. The summed E-state index contributed by atoms with van der Waals surface area (Å²) in [6, 6.07) is 2.01. The summed E-state index contributed by atoms with van der Waals surface area (Å²) < 4.78 is 38.7. The zero-order valence-corrected chi connectivity index (χ0v) is 13.1. The maximum Gasteiger partial charge on any atom is 0.393 e. The van der Waals surface area contributed by atoms with Crippen LogP contribution in [0, 0.1) is 0 Å². The third kappa shape index (κ3) is 3.52. The van der Waals surface area contributed by atoms with Crippen LogP contribution in [0.25, 0.3) is 10.1 Å². The molecule has 1 aliphatic heterocycles. The van der Waals surface area contributed by atoms with Gasteiger partial charge >= 0.3 is 6.18 Å². The molecule has 0 bridgehead atoms. The summed E-state index contributed by atoms with van der Waals surface area (Å²) in [5.41, 5.74) is 0.335. The topological polar surface area (TPSA) is 28.2 Å². The zero-order chi connectivity index (χ0) is 15.7. The Balaban J connectivity index is 1.82. The molecule has 120 valence electrons. The fourth-order valence-electron chi connectivity index (χ4n) is 2.82. The Morgan fingerprint density at radius 1 is 1.36 bits per heavy atom.